The number of carbonyl (C=O) groups is 1. The molecule has 1 heterocycles. The highest BCUT2D eigenvalue weighted by Crippen LogP contribution is 2.25. The van der Waals surface area contributed by atoms with Crippen molar-refractivity contribution in [3.05, 3.63) is 65.2 Å². The second-order valence-corrected chi connectivity index (χ2v) is 4.57. The number of carbonyl (C=O) groups excluding carboxylic acids is 1. The van der Waals surface area contributed by atoms with Gasteiger partial charge in [0, 0.05) is 6.54 Å². The summed E-state index contributed by atoms with van der Waals surface area (Å²) in [5.41, 5.74) is 2.84. The summed E-state index contributed by atoms with van der Waals surface area (Å²) in [6, 6.07) is 15.7. The molecule has 2 aromatic carbocycles. The van der Waals surface area contributed by atoms with E-state index in [1.807, 2.05) is 48.5 Å². The fourth-order valence-electron chi connectivity index (χ4n) is 2.30. The zero-order valence-electron chi connectivity index (χ0n) is 10.6. The predicted molar refractivity (Wildman–Crippen MR) is 73.3 cm³/mol. The molecule has 0 aliphatic carbocycles. The molecule has 1 amide bonds. The molecule has 0 atom stereocenters. The van der Waals surface area contributed by atoms with Crippen LogP contribution >= 0.6 is 0 Å². The summed E-state index contributed by atoms with van der Waals surface area (Å²) in [7, 11) is 0. The summed E-state index contributed by atoms with van der Waals surface area (Å²) in [4.78, 5) is 11.9. The van der Waals surface area contributed by atoms with Crippen LogP contribution in [0.5, 0.6) is 5.75 Å². The van der Waals surface area contributed by atoms with Gasteiger partial charge in [0.05, 0.1) is 5.56 Å². The highest BCUT2D eigenvalue weighted by atomic mass is 16.5. The zero-order valence-corrected chi connectivity index (χ0v) is 10.6. The van der Waals surface area contributed by atoms with E-state index in [1.165, 1.54) is 0 Å². The summed E-state index contributed by atoms with van der Waals surface area (Å²) in [6.07, 6.45) is 0.865. The van der Waals surface area contributed by atoms with Crippen molar-refractivity contribution < 1.29 is 9.53 Å². The summed E-state index contributed by atoms with van der Waals surface area (Å²) in [5, 5.41) is 2.86. The van der Waals surface area contributed by atoms with Crippen LogP contribution in [-0.2, 0) is 13.0 Å². The van der Waals surface area contributed by atoms with Gasteiger partial charge in [0.1, 0.15) is 12.4 Å². The molecule has 0 fully saturated rings. The van der Waals surface area contributed by atoms with E-state index in [2.05, 4.69) is 5.32 Å². The molecule has 3 nitrogen and oxygen atoms in total. The first-order chi connectivity index (χ1) is 9.34. The van der Waals surface area contributed by atoms with Gasteiger partial charge in [-0.3, -0.25) is 4.79 Å². The number of benzene rings is 2. The second-order valence-electron chi connectivity index (χ2n) is 4.57. The number of hydrogen-bond acceptors (Lipinski definition) is 2. The van der Waals surface area contributed by atoms with E-state index < -0.39 is 0 Å². The lowest BCUT2D eigenvalue weighted by Gasteiger charge is -2.19. The molecule has 1 aliphatic heterocycles. The van der Waals surface area contributed by atoms with Crippen molar-refractivity contribution >= 4 is 5.91 Å². The van der Waals surface area contributed by atoms with Crippen molar-refractivity contribution in [2.75, 3.05) is 6.54 Å². The Hall–Kier alpha value is -2.29. The lowest BCUT2D eigenvalue weighted by Crippen LogP contribution is -2.32. The molecule has 2 aromatic rings. The number of fused-ring (bicyclic) bond motifs is 1. The molecule has 1 N–H and O–H groups in total. The smallest absolute Gasteiger partial charge is 0.255 e. The van der Waals surface area contributed by atoms with Gasteiger partial charge in [0.2, 0.25) is 0 Å². The molecule has 0 radical (unpaired) electrons. The first-order valence-corrected chi connectivity index (χ1v) is 6.41. The van der Waals surface area contributed by atoms with Crippen LogP contribution in [-0.4, -0.2) is 12.5 Å². The standard InChI is InChI=1S/C16H15NO2/c18-16-15-13(9-10-17-16)7-4-8-14(15)19-11-12-5-2-1-3-6-12/h1-8H,9-11H2,(H,17,18). The highest BCUT2D eigenvalue weighted by Gasteiger charge is 2.20. The minimum atomic E-state index is -0.0371. The number of hydrogen-bond donors (Lipinski definition) is 1. The van der Waals surface area contributed by atoms with Gasteiger partial charge >= 0.3 is 0 Å². The van der Waals surface area contributed by atoms with Gasteiger partial charge in [0.15, 0.2) is 0 Å². The van der Waals surface area contributed by atoms with Crippen LogP contribution in [0.4, 0.5) is 0 Å². The van der Waals surface area contributed by atoms with Gasteiger partial charge in [-0.1, -0.05) is 42.5 Å². The molecular formula is C16H15NO2. The Morgan fingerprint density at radius 3 is 2.74 bits per heavy atom. The predicted octanol–water partition coefficient (Wildman–Crippen LogP) is 2.55. The summed E-state index contributed by atoms with van der Waals surface area (Å²) in [5.74, 6) is 0.628. The van der Waals surface area contributed by atoms with Crippen molar-refractivity contribution in [1.29, 1.82) is 0 Å². The van der Waals surface area contributed by atoms with E-state index >= 15 is 0 Å². The molecule has 96 valence electrons. The van der Waals surface area contributed by atoms with Crippen LogP contribution in [0.15, 0.2) is 48.5 Å². The van der Waals surface area contributed by atoms with Gasteiger partial charge < -0.3 is 10.1 Å². The normalized spacial score (nSPS) is 13.6. The minimum absolute atomic E-state index is 0.0371. The van der Waals surface area contributed by atoms with Crippen LogP contribution in [0, 0.1) is 0 Å². The van der Waals surface area contributed by atoms with Crippen LogP contribution in [0.1, 0.15) is 21.5 Å². The lowest BCUT2D eigenvalue weighted by molar-refractivity contribution is 0.0941. The van der Waals surface area contributed by atoms with Crippen LogP contribution in [0.3, 0.4) is 0 Å². The van der Waals surface area contributed by atoms with Gasteiger partial charge in [0.25, 0.3) is 5.91 Å². The Morgan fingerprint density at radius 2 is 1.89 bits per heavy atom. The average Bonchev–Trinajstić information content (AvgIpc) is 2.46. The molecule has 0 unspecified atom stereocenters. The molecule has 3 rings (SSSR count). The van der Waals surface area contributed by atoms with Crippen LogP contribution in [0.2, 0.25) is 0 Å². The van der Waals surface area contributed by atoms with Crippen LogP contribution in [0.25, 0.3) is 0 Å². The van der Waals surface area contributed by atoms with Crippen molar-refractivity contribution in [1.82, 2.24) is 5.32 Å². The van der Waals surface area contributed by atoms with Gasteiger partial charge in [-0.15, -0.1) is 0 Å². The van der Waals surface area contributed by atoms with E-state index in [-0.39, 0.29) is 5.91 Å². The maximum atomic E-state index is 11.9. The maximum Gasteiger partial charge on any atom is 0.255 e. The Labute approximate surface area is 112 Å². The van der Waals surface area contributed by atoms with E-state index in [1.54, 1.807) is 0 Å². The number of rotatable bonds is 3. The first-order valence-electron chi connectivity index (χ1n) is 6.41. The molecule has 1 aliphatic rings. The monoisotopic (exact) mass is 253 g/mol. The van der Waals surface area contributed by atoms with Crippen molar-refractivity contribution in [3.8, 4) is 5.75 Å². The number of ether oxygens (including phenoxy) is 1. The van der Waals surface area contributed by atoms with E-state index in [4.69, 9.17) is 4.74 Å². The van der Waals surface area contributed by atoms with Gasteiger partial charge in [-0.05, 0) is 23.6 Å². The first kappa shape index (κ1) is 11.8. The quantitative estimate of drug-likeness (QED) is 0.913. The Balaban J connectivity index is 1.84. The SMILES string of the molecule is O=C1NCCc2cccc(OCc3ccccc3)c21. The van der Waals surface area contributed by atoms with E-state index in [0.717, 1.165) is 17.5 Å². The second kappa shape index (κ2) is 5.14. The highest BCUT2D eigenvalue weighted by molar-refractivity contribution is 5.99. The van der Waals surface area contributed by atoms with E-state index in [0.29, 0.717) is 24.5 Å². The van der Waals surface area contributed by atoms with E-state index in [9.17, 15) is 4.79 Å². The Bertz CT molecular complexity index is 593. The number of nitrogens with one attached hydrogen (secondary N) is 1. The third kappa shape index (κ3) is 2.45. The zero-order chi connectivity index (χ0) is 13.1. The maximum absolute atomic E-state index is 11.9. The molecule has 0 saturated carbocycles. The molecule has 0 saturated heterocycles. The van der Waals surface area contributed by atoms with Gasteiger partial charge in [-0.2, -0.15) is 0 Å². The van der Waals surface area contributed by atoms with Gasteiger partial charge in [-0.25, -0.2) is 0 Å². The largest absolute Gasteiger partial charge is 0.488 e. The van der Waals surface area contributed by atoms with Crippen LogP contribution < -0.4 is 10.1 Å². The Morgan fingerprint density at radius 1 is 1.05 bits per heavy atom. The fraction of sp³-hybridized carbons (Fsp3) is 0.188. The third-order valence-corrected chi connectivity index (χ3v) is 3.26. The molecule has 0 aromatic heterocycles. The fourth-order valence-corrected chi connectivity index (χ4v) is 2.30. The van der Waals surface area contributed by atoms with Crippen molar-refractivity contribution in [2.24, 2.45) is 0 Å². The molecule has 0 spiro atoms. The topological polar surface area (TPSA) is 38.3 Å². The Kier molecular flexibility index (Phi) is 3.19. The minimum Gasteiger partial charge on any atom is -0.488 e. The summed E-state index contributed by atoms with van der Waals surface area (Å²) in [6.45, 7) is 1.18. The molecule has 19 heavy (non-hydrogen) atoms. The molecule has 3 heteroatoms. The molecular weight excluding hydrogens is 238 g/mol. The van der Waals surface area contributed by atoms with Crippen molar-refractivity contribution in [2.45, 2.75) is 13.0 Å². The summed E-state index contributed by atoms with van der Waals surface area (Å²) >= 11 is 0. The number of amides is 1. The third-order valence-electron chi connectivity index (χ3n) is 3.26. The average molecular weight is 253 g/mol. The van der Waals surface area contributed by atoms with Crippen molar-refractivity contribution in [3.63, 3.8) is 0 Å². The lowest BCUT2D eigenvalue weighted by atomic mass is 9.99. The molecule has 0 bridgehead atoms. The summed E-state index contributed by atoms with van der Waals surface area (Å²) < 4.78 is 5.80.